The van der Waals surface area contributed by atoms with Crippen LogP contribution in [0.15, 0.2) is 12.2 Å². The summed E-state index contributed by atoms with van der Waals surface area (Å²) in [4.78, 5) is 11.7. The Balaban J connectivity index is 2.64. The van der Waals surface area contributed by atoms with E-state index in [1.165, 1.54) is 32.1 Å². The predicted molar refractivity (Wildman–Crippen MR) is 112 cm³/mol. The summed E-state index contributed by atoms with van der Waals surface area (Å²) in [5, 5.41) is 0.238. The highest BCUT2D eigenvalue weighted by Gasteiger charge is 2.38. The van der Waals surface area contributed by atoms with Crippen LogP contribution in [-0.2, 0) is 9.22 Å². The van der Waals surface area contributed by atoms with Gasteiger partial charge in [-0.25, -0.2) is 0 Å². The number of unbranched alkanes of at least 4 members (excludes halogenated alkanes) is 4. The average Bonchev–Trinajstić information content (AvgIpc) is 2.51. The van der Waals surface area contributed by atoms with Gasteiger partial charge in [-0.3, -0.25) is 4.79 Å². The third-order valence-electron chi connectivity index (χ3n) is 5.96. The number of carbonyl (C=O) groups excluding carboxylic acids is 1. The van der Waals surface area contributed by atoms with Gasteiger partial charge < -0.3 is 4.43 Å². The second-order valence-electron chi connectivity index (χ2n) is 9.40. The zero-order valence-electron chi connectivity index (χ0n) is 17.7. The molecule has 1 rings (SSSR count). The van der Waals surface area contributed by atoms with E-state index in [4.69, 9.17) is 4.43 Å². The molecule has 1 aliphatic carbocycles. The quantitative estimate of drug-likeness (QED) is 0.235. The number of hydrogen-bond donors (Lipinski definition) is 0. The summed E-state index contributed by atoms with van der Waals surface area (Å²) in [6.07, 6.45) is 16.2. The third-order valence-corrected chi connectivity index (χ3v) is 10.5. The Labute approximate surface area is 157 Å². The molecule has 2 atom stereocenters. The predicted octanol–water partition coefficient (Wildman–Crippen LogP) is 7.05. The van der Waals surface area contributed by atoms with Crippen molar-refractivity contribution < 1.29 is 9.22 Å². The molecule has 0 aromatic rings. The van der Waals surface area contributed by atoms with Crippen LogP contribution in [0, 0.1) is 5.92 Å². The molecule has 1 aliphatic rings. The van der Waals surface area contributed by atoms with Crippen LogP contribution >= 0.6 is 0 Å². The molecule has 2 unspecified atom stereocenters. The zero-order valence-corrected chi connectivity index (χ0v) is 18.7. The van der Waals surface area contributed by atoms with Gasteiger partial charge in [0.15, 0.2) is 8.32 Å². The molecule has 0 spiro atoms. The molecule has 0 aromatic carbocycles. The Hall–Kier alpha value is -0.413. The Bertz CT molecular complexity index is 420. The van der Waals surface area contributed by atoms with Gasteiger partial charge in [-0.05, 0) is 43.3 Å². The Morgan fingerprint density at radius 1 is 1.20 bits per heavy atom. The van der Waals surface area contributed by atoms with E-state index in [1.54, 1.807) is 0 Å². The molecule has 2 nitrogen and oxygen atoms in total. The molecule has 0 heterocycles. The van der Waals surface area contributed by atoms with Crippen molar-refractivity contribution in [2.24, 2.45) is 5.92 Å². The molecule has 0 bridgehead atoms. The monoisotopic (exact) mass is 366 g/mol. The lowest BCUT2D eigenvalue weighted by molar-refractivity contribution is -0.121. The zero-order chi connectivity index (χ0) is 18.9. The molecule has 146 valence electrons. The number of ketones is 1. The summed E-state index contributed by atoms with van der Waals surface area (Å²) in [6, 6.07) is 0. The van der Waals surface area contributed by atoms with E-state index in [9.17, 15) is 4.79 Å². The van der Waals surface area contributed by atoms with Gasteiger partial charge in [0.25, 0.3) is 0 Å². The second kappa shape index (κ2) is 10.7. The van der Waals surface area contributed by atoms with Crippen molar-refractivity contribution in [2.45, 2.75) is 116 Å². The van der Waals surface area contributed by atoms with Crippen molar-refractivity contribution in [2.75, 3.05) is 0 Å². The van der Waals surface area contributed by atoms with E-state index in [-0.39, 0.29) is 11.1 Å². The van der Waals surface area contributed by atoms with E-state index in [1.807, 2.05) is 0 Å². The van der Waals surface area contributed by atoms with Crippen molar-refractivity contribution in [3.8, 4) is 0 Å². The van der Waals surface area contributed by atoms with E-state index in [0.29, 0.717) is 11.7 Å². The summed E-state index contributed by atoms with van der Waals surface area (Å²) in [7, 11) is -1.76. The second-order valence-corrected chi connectivity index (χ2v) is 14.2. The Morgan fingerprint density at radius 2 is 1.88 bits per heavy atom. The first-order chi connectivity index (χ1) is 11.7. The normalized spacial score (nSPS) is 21.0. The fraction of sp³-hybridized carbons (Fsp3) is 0.864. The lowest BCUT2D eigenvalue weighted by atomic mass is 9.88. The first kappa shape index (κ1) is 22.6. The van der Waals surface area contributed by atoms with Gasteiger partial charge in [-0.15, -0.1) is 0 Å². The van der Waals surface area contributed by atoms with Crippen LogP contribution < -0.4 is 0 Å². The molecule has 0 saturated heterocycles. The molecule has 0 N–H and O–H groups in total. The van der Waals surface area contributed by atoms with Gasteiger partial charge in [0.1, 0.15) is 5.78 Å². The summed E-state index contributed by atoms with van der Waals surface area (Å²) < 4.78 is 6.69. The number of allylic oxidation sites excluding steroid dienone is 1. The minimum absolute atomic E-state index is 0.222. The molecule has 0 aliphatic heterocycles. The SMILES string of the molecule is CCCCCCCC(C=CC1CCCC(=O)C1)O[Si](C)(C)C(C)(C)C. The molecular formula is C22H42O2Si. The van der Waals surface area contributed by atoms with Gasteiger partial charge in [0.2, 0.25) is 0 Å². The van der Waals surface area contributed by atoms with E-state index in [0.717, 1.165) is 32.1 Å². The maximum absolute atomic E-state index is 11.7. The van der Waals surface area contributed by atoms with E-state index in [2.05, 4.69) is 52.9 Å². The highest BCUT2D eigenvalue weighted by molar-refractivity contribution is 6.74. The lowest BCUT2D eigenvalue weighted by Crippen LogP contribution is -2.43. The Morgan fingerprint density at radius 3 is 2.48 bits per heavy atom. The minimum Gasteiger partial charge on any atom is -0.411 e. The summed E-state index contributed by atoms with van der Waals surface area (Å²) in [6.45, 7) is 13.9. The molecule has 25 heavy (non-hydrogen) atoms. The standard InChI is InChI=1S/C22H42O2Si/c1-7-8-9-10-11-15-21(24-25(5,6)22(2,3)4)17-16-19-13-12-14-20(23)18-19/h16-17,19,21H,7-15,18H2,1-6H3. The number of carbonyl (C=O) groups is 1. The Kier molecular flexibility index (Phi) is 9.65. The van der Waals surface area contributed by atoms with E-state index >= 15 is 0 Å². The first-order valence-electron chi connectivity index (χ1n) is 10.5. The van der Waals surface area contributed by atoms with Gasteiger partial charge >= 0.3 is 0 Å². The van der Waals surface area contributed by atoms with E-state index < -0.39 is 8.32 Å². The van der Waals surface area contributed by atoms with Crippen LogP contribution in [0.4, 0.5) is 0 Å². The largest absolute Gasteiger partial charge is 0.411 e. The minimum atomic E-state index is -1.76. The van der Waals surface area contributed by atoms with Gasteiger partial charge in [0, 0.05) is 12.8 Å². The highest BCUT2D eigenvalue weighted by atomic mass is 28.4. The molecule has 0 amide bonds. The molecule has 3 heteroatoms. The van der Waals surface area contributed by atoms with Crippen LogP contribution in [0.5, 0.6) is 0 Å². The average molecular weight is 367 g/mol. The molecule has 0 radical (unpaired) electrons. The van der Waals surface area contributed by atoms with Crippen LogP contribution in [0.3, 0.4) is 0 Å². The summed E-state index contributed by atoms with van der Waals surface area (Å²) >= 11 is 0. The van der Waals surface area contributed by atoms with Gasteiger partial charge in [-0.2, -0.15) is 0 Å². The van der Waals surface area contributed by atoms with Crippen molar-refractivity contribution >= 4 is 14.1 Å². The van der Waals surface area contributed by atoms with Crippen LogP contribution in [0.2, 0.25) is 18.1 Å². The van der Waals surface area contributed by atoms with Gasteiger partial charge in [-0.1, -0.05) is 72.0 Å². The number of hydrogen-bond acceptors (Lipinski definition) is 2. The van der Waals surface area contributed by atoms with Crippen molar-refractivity contribution in [1.82, 2.24) is 0 Å². The smallest absolute Gasteiger partial charge is 0.192 e. The van der Waals surface area contributed by atoms with Crippen LogP contribution in [0.1, 0.15) is 91.9 Å². The fourth-order valence-corrected chi connectivity index (χ4v) is 4.51. The fourth-order valence-electron chi connectivity index (χ4n) is 3.20. The highest BCUT2D eigenvalue weighted by Crippen LogP contribution is 2.38. The number of Topliss-reactive ketones (excluding diaryl/α,β-unsaturated/α-hetero) is 1. The maximum Gasteiger partial charge on any atom is 0.192 e. The molecule has 0 aromatic heterocycles. The van der Waals surface area contributed by atoms with Gasteiger partial charge in [0.05, 0.1) is 6.10 Å². The van der Waals surface area contributed by atoms with Crippen molar-refractivity contribution in [3.05, 3.63) is 12.2 Å². The third kappa shape index (κ3) is 8.68. The molecule has 1 fully saturated rings. The molecule has 1 saturated carbocycles. The number of rotatable bonds is 10. The van der Waals surface area contributed by atoms with Crippen LogP contribution in [-0.4, -0.2) is 20.2 Å². The van der Waals surface area contributed by atoms with Crippen LogP contribution in [0.25, 0.3) is 0 Å². The first-order valence-corrected chi connectivity index (χ1v) is 13.4. The summed E-state index contributed by atoms with van der Waals surface area (Å²) in [5.41, 5.74) is 0. The maximum atomic E-state index is 11.7. The van der Waals surface area contributed by atoms with Crippen molar-refractivity contribution in [3.63, 3.8) is 0 Å². The molecular weight excluding hydrogens is 324 g/mol. The van der Waals surface area contributed by atoms with Crippen molar-refractivity contribution in [1.29, 1.82) is 0 Å². The lowest BCUT2D eigenvalue weighted by Gasteiger charge is -2.38. The topological polar surface area (TPSA) is 26.3 Å². The summed E-state index contributed by atoms with van der Waals surface area (Å²) in [5.74, 6) is 0.870.